The first kappa shape index (κ1) is 14.7. The van der Waals surface area contributed by atoms with E-state index in [0.717, 1.165) is 0 Å². The van der Waals surface area contributed by atoms with Crippen LogP contribution in [0.4, 0.5) is 24.5 Å². The number of hydrogen-bond donors (Lipinski definition) is 2. The number of amides is 1. The highest BCUT2D eigenvalue weighted by atomic mass is 19.2. The highest BCUT2D eigenvalue weighted by Crippen LogP contribution is 2.26. The van der Waals surface area contributed by atoms with Gasteiger partial charge in [-0.3, -0.25) is 4.79 Å². The van der Waals surface area contributed by atoms with Gasteiger partial charge < -0.3 is 15.8 Å². The van der Waals surface area contributed by atoms with Crippen LogP contribution < -0.4 is 15.8 Å². The van der Waals surface area contributed by atoms with Crippen molar-refractivity contribution < 1.29 is 22.7 Å². The van der Waals surface area contributed by atoms with Crippen molar-refractivity contribution in [3.63, 3.8) is 0 Å². The number of carbonyl (C=O) groups excluding carboxylic acids is 1. The summed E-state index contributed by atoms with van der Waals surface area (Å²) in [6.07, 6.45) is 0. The van der Waals surface area contributed by atoms with Gasteiger partial charge in [-0.1, -0.05) is 6.07 Å². The highest BCUT2D eigenvalue weighted by Gasteiger charge is 2.18. The lowest BCUT2D eigenvalue weighted by molar-refractivity contribution is 0.102. The van der Waals surface area contributed by atoms with Crippen LogP contribution in [0.25, 0.3) is 0 Å². The number of carbonyl (C=O) groups is 1. The zero-order valence-electron chi connectivity index (χ0n) is 10.9. The van der Waals surface area contributed by atoms with Crippen LogP contribution in [-0.4, -0.2) is 13.0 Å². The first-order chi connectivity index (χ1) is 9.93. The number of ether oxygens (including phenoxy) is 1. The summed E-state index contributed by atoms with van der Waals surface area (Å²) in [6, 6.07) is 5.42. The van der Waals surface area contributed by atoms with E-state index in [-0.39, 0.29) is 17.0 Å². The summed E-state index contributed by atoms with van der Waals surface area (Å²) in [4.78, 5) is 12.1. The molecular formula is C14H11F3N2O2. The van der Waals surface area contributed by atoms with E-state index in [4.69, 9.17) is 10.5 Å². The van der Waals surface area contributed by atoms with Crippen LogP contribution in [0, 0.1) is 17.5 Å². The van der Waals surface area contributed by atoms with Gasteiger partial charge in [-0.05, 0) is 12.1 Å². The molecule has 0 saturated heterocycles. The Bertz CT molecular complexity index is 705. The fourth-order valence-electron chi connectivity index (χ4n) is 1.76. The van der Waals surface area contributed by atoms with E-state index in [1.807, 2.05) is 0 Å². The molecule has 0 atom stereocenters. The van der Waals surface area contributed by atoms with Gasteiger partial charge in [0.05, 0.1) is 12.8 Å². The number of benzene rings is 2. The second-order valence-electron chi connectivity index (χ2n) is 4.12. The van der Waals surface area contributed by atoms with E-state index in [1.54, 1.807) is 6.07 Å². The van der Waals surface area contributed by atoms with Crippen molar-refractivity contribution in [1.82, 2.24) is 0 Å². The van der Waals surface area contributed by atoms with Crippen LogP contribution in [0.15, 0.2) is 30.3 Å². The monoisotopic (exact) mass is 296 g/mol. The van der Waals surface area contributed by atoms with Crippen LogP contribution in [0.5, 0.6) is 5.75 Å². The molecule has 0 aliphatic rings. The molecule has 110 valence electrons. The fraction of sp³-hybridized carbons (Fsp3) is 0.0714. The maximum Gasteiger partial charge on any atom is 0.261 e. The Morgan fingerprint density at radius 2 is 1.81 bits per heavy atom. The van der Waals surface area contributed by atoms with E-state index >= 15 is 0 Å². The summed E-state index contributed by atoms with van der Waals surface area (Å²) < 4.78 is 44.4. The summed E-state index contributed by atoms with van der Waals surface area (Å²) in [5.41, 5.74) is 5.26. The maximum absolute atomic E-state index is 13.5. The second kappa shape index (κ2) is 5.74. The number of rotatable bonds is 3. The number of halogens is 3. The average Bonchev–Trinajstić information content (AvgIpc) is 2.44. The summed E-state index contributed by atoms with van der Waals surface area (Å²) >= 11 is 0. The van der Waals surface area contributed by atoms with Gasteiger partial charge in [-0.2, -0.15) is 0 Å². The molecule has 0 aliphatic heterocycles. The number of hydrogen-bond acceptors (Lipinski definition) is 3. The third-order valence-electron chi connectivity index (χ3n) is 2.76. The largest absolute Gasteiger partial charge is 0.496 e. The van der Waals surface area contributed by atoms with E-state index in [1.165, 1.54) is 19.2 Å². The SMILES string of the molecule is COc1cccc(N)c1C(=O)Nc1cc(F)c(F)cc1F. The Kier molecular flexibility index (Phi) is 4.02. The predicted octanol–water partition coefficient (Wildman–Crippen LogP) is 2.95. The molecule has 21 heavy (non-hydrogen) atoms. The molecule has 0 aliphatic carbocycles. The summed E-state index contributed by atoms with van der Waals surface area (Å²) in [5, 5.41) is 2.13. The minimum atomic E-state index is -1.35. The molecule has 2 aromatic carbocycles. The van der Waals surface area contributed by atoms with Gasteiger partial charge in [-0.25, -0.2) is 13.2 Å². The molecule has 0 aromatic heterocycles. The Balaban J connectivity index is 2.37. The Labute approximate surface area is 118 Å². The molecule has 0 spiro atoms. The van der Waals surface area contributed by atoms with Gasteiger partial charge in [-0.15, -0.1) is 0 Å². The van der Waals surface area contributed by atoms with Crippen LogP contribution in [0.1, 0.15) is 10.4 Å². The normalized spacial score (nSPS) is 10.3. The molecule has 0 heterocycles. The molecule has 0 radical (unpaired) electrons. The van der Waals surface area contributed by atoms with E-state index in [0.29, 0.717) is 12.1 Å². The number of nitrogen functional groups attached to an aromatic ring is 1. The van der Waals surface area contributed by atoms with E-state index in [9.17, 15) is 18.0 Å². The van der Waals surface area contributed by atoms with Crippen molar-refractivity contribution in [2.24, 2.45) is 0 Å². The maximum atomic E-state index is 13.5. The Hall–Kier alpha value is -2.70. The first-order valence-corrected chi connectivity index (χ1v) is 5.82. The summed E-state index contributed by atoms with van der Waals surface area (Å²) in [6.45, 7) is 0. The summed E-state index contributed by atoms with van der Waals surface area (Å²) in [7, 11) is 1.34. The van der Waals surface area contributed by atoms with Gasteiger partial charge in [0.25, 0.3) is 5.91 Å². The number of methoxy groups -OCH3 is 1. The standard InChI is InChI=1S/C14H11F3N2O2/c1-21-12-4-2-3-10(18)13(12)14(20)19-11-6-8(16)7(15)5-9(11)17/h2-6H,18H2,1H3,(H,19,20). The summed E-state index contributed by atoms with van der Waals surface area (Å²) in [5.74, 6) is -4.34. The van der Waals surface area contributed by atoms with Gasteiger partial charge in [0.15, 0.2) is 11.6 Å². The smallest absolute Gasteiger partial charge is 0.261 e. The molecular weight excluding hydrogens is 285 g/mol. The highest BCUT2D eigenvalue weighted by molar-refractivity contribution is 6.09. The van der Waals surface area contributed by atoms with Crippen LogP contribution in [0.3, 0.4) is 0 Å². The van der Waals surface area contributed by atoms with Gasteiger partial charge >= 0.3 is 0 Å². The minimum Gasteiger partial charge on any atom is -0.496 e. The Morgan fingerprint density at radius 3 is 2.48 bits per heavy atom. The lowest BCUT2D eigenvalue weighted by atomic mass is 10.1. The van der Waals surface area contributed by atoms with Crippen LogP contribution in [-0.2, 0) is 0 Å². The first-order valence-electron chi connectivity index (χ1n) is 5.82. The zero-order valence-corrected chi connectivity index (χ0v) is 10.9. The van der Waals surface area contributed by atoms with Gasteiger partial charge in [0, 0.05) is 17.8 Å². The number of nitrogens with two attached hydrogens (primary N) is 1. The molecule has 0 fully saturated rings. The molecule has 2 aromatic rings. The molecule has 1 amide bonds. The predicted molar refractivity (Wildman–Crippen MR) is 71.7 cm³/mol. The second-order valence-corrected chi connectivity index (χ2v) is 4.12. The molecule has 2 rings (SSSR count). The third kappa shape index (κ3) is 2.91. The lowest BCUT2D eigenvalue weighted by Gasteiger charge is -2.12. The van der Waals surface area contributed by atoms with E-state index in [2.05, 4.69) is 5.32 Å². The molecule has 0 unspecified atom stereocenters. The molecule has 0 bridgehead atoms. The van der Waals surface area contributed by atoms with E-state index < -0.39 is 29.0 Å². The molecule has 4 nitrogen and oxygen atoms in total. The van der Waals surface area contributed by atoms with Crippen molar-refractivity contribution in [3.05, 3.63) is 53.3 Å². The topological polar surface area (TPSA) is 64.3 Å². The molecule has 0 saturated carbocycles. The molecule has 7 heteroatoms. The van der Waals surface area contributed by atoms with Gasteiger partial charge in [0.1, 0.15) is 17.1 Å². The average molecular weight is 296 g/mol. The van der Waals surface area contributed by atoms with Crippen LogP contribution in [0.2, 0.25) is 0 Å². The number of anilines is 2. The lowest BCUT2D eigenvalue weighted by Crippen LogP contribution is -2.16. The molecule has 3 N–H and O–H groups in total. The third-order valence-corrected chi connectivity index (χ3v) is 2.76. The van der Waals surface area contributed by atoms with Crippen molar-refractivity contribution >= 4 is 17.3 Å². The van der Waals surface area contributed by atoms with Crippen molar-refractivity contribution in [3.8, 4) is 5.75 Å². The Morgan fingerprint density at radius 1 is 1.14 bits per heavy atom. The quantitative estimate of drug-likeness (QED) is 0.676. The van der Waals surface area contributed by atoms with Crippen molar-refractivity contribution in [2.45, 2.75) is 0 Å². The van der Waals surface area contributed by atoms with Crippen molar-refractivity contribution in [1.29, 1.82) is 0 Å². The minimum absolute atomic E-state index is 0.0240. The number of nitrogens with one attached hydrogen (secondary N) is 1. The van der Waals surface area contributed by atoms with Crippen molar-refractivity contribution in [2.75, 3.05) is 18.2 Å². The van der Waals surface area contributed by atoms with Crippen LogP contribution >= 0.6 is 0 Å². The zero-order chi connectivity index (χ0) is 15.6. The fourth-order valence-corrected chi connectivity index (χ4v) is 1.76. The van der Waals surface area contributed by atoms with Gasteiger partial charge in [0.2, 0.25) is 0 Å².